The summed E-state index contributed by atoms with van der Waals surface area (Å²) in [5.41, 5.74) is 1.05. The van der Waals surface area contributed by atoms with Crippen LogP contribution in [0.4, 0.5) is 14.6 Å². The second kappa shape index (κ2) is 8.07. The molecule has 2 aromatic rings. The van der Waals surface area contributed by atoms with E-state index in [4.69, 9.17) is 4.74 Å². The maximum absolute atomic E-state index is 14.3. The standard InChI is InChI=1S/C15H21F2N3O3S2Si/c1-11-12(16)7-18-15(14(11)17)25(21,22)20(13-8-24-9-19-13)10-23-5-6-26(2,3)4/h7-9H,5-6,10H2,1-4H3. The summed E-state index contributed by atoms with van der Waals surface area (Å²) >= 11 is 1.19. The van der Waals surface area contributed by atoms with Crippen LogP contribution in [0.15, 0.2) is 22.1 Å². The molecule has 0 aliphatic rings. The number of ether oxygens (including phenoxy) is 1. The van der Waals surface area contributed by atoms with E-state index in [1.54, 1.807) is 0 Å². The Kier molecular flexibility index (Phi) is 6.48. The van der Waals surface area contributed by atoms with Crippen molar-refractivity contribution in [3.63, 3.8) is 0 Å². The van der Waals surface area contributed by atoms with Gasteiger partial charge in [-0.2, -0.15) is 8.42 Å². The summed E-state index contributed by atoms with van der Waals surface area (Å²) in [6, 6.07) is 0.847. The van der Waals surface area contributed by atoms with Crippen molar-refractivity contribution in [3.05, 3.63) is 34.3 Å². The third-order valence-electron chi connectivity index (χ3n) is 3.58. The monoisotopic (exact) mass is 421 g/mol. The predicted molar refractivity (Wildman–Crippen MR) is 99.6 cm³/mol. The van der Waals surface area contributed by atoms with Gasteiger partial charge in [-0.15, -0.1) is 11.3 Å². The Morgan fingerprint density at radius 1 is 1.27 bits per heavy atom. The molecule has 2 aromatic heterocycles. The van der Waals surface area contributed by atoms with Crippen LogP contribution in [0, 0.1) is 18.6 Å². The van der Waals surface area contributed by atoms with Gasteiger partial charge in [0.25, 0.3) is 10.0 Å². The molecule has 0 aromatic carbocycles. The third kappa shape index (κ3) is 4.84. The molecular formula is C15H21F2N3O3S2Si. The summed E-state index contributed by atoms with van der Waals surface area (Å²) in [6.07, 6.45) is 0.691. The molecule has 0 bridgehead atoms. The lowest BCUT2D eigenvalue weighted by Gasteiger charge is -2.23. The fourth-order valence-corrected chi connectivity index (χ4v) is 4.63. The SMILES string of the molecule is Cc1c(F)cnc(S(=O)(=O)N(COCC[Si](C)(C)C)c2cscn2)c1F. The molecule has 144 valence electrons. The number of anilines is 1. The van der Waals surface area contributed by atoms with E-state index in [2.05, 4.69) is 29.6 Å². The molecule has 0 amide bonds. The summed E-state index contributed by atoms with van der Waals surface area (Å²) in [5, 5.41) is 0.659. The van der Waals surface area contributed by atoms with E-state index in [0.717, 1.165) is 17.3 Å². The minimum atomic E-state index is -4.40. The van der Waals surface area contributed by atoms with Gasteiger partial charge in [0.2, 0.25) is 5.03 Å². The second-order valence-electron chi connectivity index (χ2n) is 6.90. The highest BCUT2D eigenvalue weighted by molar-refractivity contribution is 7.92. The van der Waals surface area contributed by atoms with Crippen LogP contribution in [-0.2, 0) is 14.8 Å². The predicted octanol–water partition coefficient (Wildman–Crippen LogP) is 3.63. The Morgan fingerprint density at radius 2 is 1.96 bits per heavy atom. The lowest BCUT2D eigenvalue weighted by atomic mass is 10.3. The largest absolute Gasteiger partial charge is 0.360 e. The molecule has 0 saturated carbocycles. The summed E-state index contributed by atoms with van der Waals surface area (Å²) in [5.74, 6) is -2.02. The molecule has 0 fully saturated rings. The molecule has 2 rings (SSSR count). The van der Waals surface area contributed by atoms with Crippen molar-refractivity contribution in [2.75, 3.05) is 17.6 Å². The van der Waals surface area contributed by atoms with Gasteiger partial charge < -0.3 is 4.74 Å². The smallest absolute Gasteiger partial charge is 0.287 e. The molecule has 0 atom stereocenters. The summed E-state index contributed by atoms with van der Waals surface area (Å²) in [4.78, 5) is 7.43. The quantitative estimate of drug-likeness (QED) is 0.370. The molecule has 6 nitrogen and oxygen atoms in total. The summed E-state index contributed by atoms with van der Waals surface area (Å²) < 4.78 is 59.9. The Balaban J connectivity index is 2.32. The lowest BCUT2D eigenvalue weighted by Crippen LogP contribution is -2.35. The number of rotatable bonds is 8. The second-order valence-corrected chi connectivity index (χ2v) is 15.0. The van der Waals surface area contributed by atoms with Gasteiger partial charge in [-0.25, -0.2) is 23.1 Å². The molecular weight excluding hydrogens is 400 g/mol. The molecule has 0 saturated heterocycles. The molecule has 0 N–H and O–H groups in total. The normalized spacial score (nSPS) is 12.4. The van der Waals surface area contributed by atoms with Crippen molar-refractivity contribution in [1.29, 1.82) is 0 Å². The van der Waals surface area contributed by atoms with Crippen LogP contribution in [0.1, 0.15) is 5.56 Å². The molecule has 11 heteroatoms. The zero-order chi connectivity index (χ0) is 19.5. The van der Waals surface area contributed by atoms with E-state index in [0.29, 0.717) is 12.8 Å². The topological polar surface area (TPSA) is 72.4 Å². The number of aromatic nitrogens is 2. The number of nitrogens with zero attached hydrogens (tertiary/aromatic N) is 3. The molecule has 2 heterocycles. The first-order valence-electron chi connectivity index (χ1n) is 7.83. The zero-order valence-corrected chi connectivity index (χ0v) is 17.6. The average molecular weight is 422 g/mol. The fourth-order valence-electron chi connectivity index (χ4n) is 1.93. The van der Waals surface area contributed by atoms with E-state index in [1.807, 2.05) is 0 Å². The van der Waals surface area contributed by atoms with Crippen LogP contribution >= 0.6 is 11.3 Å². The Hall–Kier alpha value is -1.43. The zero-order valence-electron chi connectivity index (χ0n) is 15.0. The summed E-state index contributed by atoms with van der Waals surface area (Å²) in [6.45, 7) is 7.73. The number of hydrogen-bond acceptors (Lipinski definition) is 6. The summed E-state index contributed by atoms with van der Waals surface area (Å²) in [7, 11) is -5.75. The molecule has 26 heavy (non-hydrogen) atoms. The van der Waals surface area contributed by atoms with Crippen molar-refractivity contribution in [1.82, 2.24) is 9.97 Å². The Bertz CT molecular complexity index is 856. The van der Waals surface area contributed by atoms with Gasteiger partial charge in [0.1, 0.15) is 12.5 Å². The van der Waals surface area contributed by atoms with Gasteiger partial charge in [0, 0.05) is 25.6 Å². The number of pyridine rings is 1. The van der Waals surface area contributed by atoms with Crippen LogP contribution in [0.2, 0.25) is 25.7 Å². The maximum Gasteiger partial charge on any atom is 0.287 e. The highest BCUT2D eigenvalue weighted by Crippen LogP contribution is 2.26. The van der Waals surface area contributed by atoms with Crippen molar-refractivity contribution < 1.29 is 21.9 Å². The first kappa shape index (κ1) is 20.9. The van der Waals surface area contributed by atoms with Crippen molar-refractivity contribution >= 4 is 35.3 Å². The van der Waals surface area contributed by atoms with Crippen LogP contribution in [0.5, 0.6) is 0 Å². The number of halogens is 2. The van der Waals surface area contributed by atoms with Crippen molar-refractivity contribution in [3.8, 4) is 0 Å². The van der Waals surface area contributed by atoms with E-state index < -0.39 is 40.3 Å². The van der Waals surface area contributed by atoms with Crippen LogP contribution in [-0.4, -0.2) is 39.8 Å². The van der Waals surface area contributed by atoms with E-state index in [-0.39, 0.29) is 12.5 Å². The van der Waals surface area contributed by atoms with Crippen LogP contribution in [0.25, 0.3) is 0 Å². The molecule has 0 aliphatic carbocycles. The van der Waals surface area contributed by atoms with E-state index in [1.165, 1.54) is 22.2 Å². The highest BCUT2D eigenvalue weighted by atomic mass is 32.2. The minimum absolute atomic E-state index is 0.103. The van der Waals surface area contributed by atoms with Gasteiger partial charge in [0.05, 0.1) is 11.7 Å². The van der Waals surface area contributed by atoms with Crippen LogP contribution < -0.4 is 4.31 Å². The number of thiazole rings is 1. The third-order valence-corrected chi connectivity index (χ3v) is 7.51. The van der Waals surface area contributed by atoms with E-state index >= 15 is 0 Å². The number of hydrogen-bond donors (Lipinski definition) is 0. The van der Waals surface area contributed by atoms with Gasteiger partial charge in [-0.1, -0.05) is 19.6 Å². The first-order valence-corrected chi connectivity index (χ1v) is 13.9. The first-order chi connectivity index (χ1) is 12.0. The Labute approximate surface area is 156 Å². The van der Waals surface area contributed by atoms with Gasteiger partial charge >= 0.3 is 0 Å². The molecule has 0 spiro atoms. The minimum Gasteiger partial charge on any atom is -0.360 e. The molecule has 0 unspecified atom stereocenters. The van der Waals surface area contributed by atoms with Gasteiger partial charge in [0.15, 0.2) is 11.6 Å². The van der Waals surface area contributed by atoms with Gasteiger partial charge in [-0.05, 0) is 13.0 Å². The van der Waals surface area contributed by atoms with Gasteiger partial charge in [-0.3, -0.25) is 0 Å². The Morgan fingerprint density at radius 3 is 2.54 bits per heavy atom. The van der Waals surface area contributed by atoms with Crippen molar-refractivity contribution in [2.24, 2.45) is 0 Å². The van der Waals surface area contributed by atoms with E-state index in [9.17, 15) is 17.2 Å². The number of sulfonamides is 1. The average Bonchev–Trinajstić information content (AvgIpc) is 3.05. The lowest BCUT2D eigenvalue weighted by molar-refractivity contribution is 0.156. The molecule has 0 aliphatic heterocycles. The maximum atomic E-state index is 14.3. The molecule has 0 radical (unpaired) electrons. The van der Waals surface area contributed by atoms with Crippen LogP contribution in [0.3, 0.4) is 0 Å². The van der Waals surface area contributed by atoms with Crippen molar-refractivity contribution in [2.45, 2.75) is 37.6 Å². The highest BCUT2D eigenvalue weighted by Gasteiger charge is 2.32. The fraction of sp³-hybridized carbons (Fsp3) is 0.467.